The number of rotatable bonds is 43. The zero-order chi connectivity index (χ0) is 40.0. The second-order valence-corrected chi connectivity index (χ2v) is 16.2. The molecular formula is C51H93NO3. The number of carbonyl (C=O) groups excluding carboxylic acids is 1. The lowest BCUT2D eigenvalue weighted by atomic mass is 10.0. The molecule has 4 heteroatoms. The van der Waals surface area contributed by atoms with Crippen molar-refractivity contribution in [2.75, 3.05) is 6.61 Å². The Labute approximate surface area is 343 Å². The van der Waals surface area contributed by atoms with Crippen LogP contribution in [0.2, 0.25) is 0 Å². The SMILES string of the molecule is CCCCCC/C=C\C/C=C\CCCCCCCC(=O)NC(CO)C(O)/C=C/CC/C=C/CC/C=C/CCCCCCCCCCCCCCCCCCC. The number of allylic oxidation sites excluding steroid dienone is 9. The van der Waals surface area contributed by atoms with E-state index in [4.69, 9.17) is 0 Å². The van der Waals surface area contributed by atoms with Crippen LogP contribution >= 0.6 is 0 Å². The van der Waals surface area contributed by atoms with E-state index >= 15 is 0 Å². The molecule has 0 aromatic heterocycles. The van der Waals surface area contributed by atoms with E-state index in [1.807, 2.05) is 6.08 Å². The number of aliphatic hydroxyl groups excluding tert-OH is 2. The highest BCUT2D eigenvalue weighted by atomic mass is 16.3. The number of aliphatic hydroxyl groups is 2. The van der Waals surface area contributed by atoms with Gasteiger partial charge in [-0.05, 0) is 77.0 Å². The first-order valence-electron chi connectivity index (χ1n) is 24.0. The molecule has 0 aromatic carbocycles. The van der Waals surface area contributed by atoms with Crippen LogP contribution in [0.15, 0.2) is 60.8 Å². The van der Waals surface area contributed by atoms with Gasteiger partial charge in [0.1, 0.15) is 0 Å². The van der Waals surface area contributed by atoms with Crippen LogP contribution in [0, 0.1) is 0 Å². The molecule has 0 aliphatic rings. The predicted molar refractivity (Wildman–Crippen MR) is 244 cm³/mol. The van der Waals surface area contributed by atoms with E-state index in [0.29, 0.717) is 6.42 Å². The Morgan fingerprint density at radius 1 is 0.436 bits per heavy atom. The number of hydrogen-bond acceptors (Lipinski definition) is 3. The van der Waals surface area contributed by atoms with Crippen molar-refractivity contribution in [3.05, 3.63) is 60.8 Å². The van der Waals surface area contributed by atoms with Crippen LogP contribution in [-0.4, -0.2) is 34.9 Å². The summed E-state index contributed by atoms with van der Waals surface area (Å²) in [4.78, 5) is 12.4. The average Bonchev–Trinajstić information content (AvgIpc) is 3.19. The molecule has 320 valence electrons. The van der Waals surface area contributed by atoms with Crippen LogP contribution in [0.25, 0.3) is 0 Å². The topological polar surface area (TPSA) is 69.6 Å². The fourth-order valence-electron chi connectivity index (χ4n) is 7.00. The zero-order valence-electron chi connectivity index (χ0n) is 36.7. The van der Waals surface area contributed by atoms with E-state index in [1.165, 1.54) is 161 Å². The lowest BCUT2D eigenvalue weighted by molar-refractivity contribution is -0.123. The van der Waals surface area contributed by atoms with E-state index in [-0.39, 0.29) is 12.5 Å². The molecule has 2 atom stereocenters. The Morgan fingerprint density at radius 3 is 1.18 bits per heavy atom. The van der Waals surface area contributed by atoms with Crippen molar-refractivity contribution in [2.24, 2.45) is 0 Å². The molecule has 1 amide bonds. The summed E-state index contributed by atoms with van der Waals surface area (Å²) in [6, 6.07) is -0.655. The minimum atomic E-state index is -0.878. The molecule has 0 aliphatic heterocycles. The van der Waals surface area contributed by atoms with Crippen LogP contribution in [0.1, 0.15) is 239 Å². The summed E-state index contributed by atoms with van der Waals surface area (Å²) in [7, 11) is 0. The Kier molecular flexibility index (Phi) is 44.9. The van der Waals surface area contributed by atoms with Gasteiger partial charge < -0.3 is 15.5 Å². The van der Waals surface area contributed by atoms with Crippen LogP contribution in [0.5, 0.6) is 0 Å². The number of hydrogen-bond donors (Lipinski definition) is 3. The van der Waals surface area contributed by atoms with Crippen molar-refractivity contribution in [1.82, 2.24) is 5.32 Å². The first-order chi connectivity index (χ1) is 27.2. The molecule has 0 saturated heterocycles. The minimum absolute atomic E-state index is 0.0925. The lowest BCUT2D eigenvalue weighted by Crippen LogP contribution is -2.45. The largest absolute Gasteiger partial charge is 0.394 e. The van der Waals surface area contributed by atoms with Gasteiger partial charge in [-0.3, -0.25) is 4.79 Å². The third-order valence-electron chi connectivity index (χ3n) is 10.7. The highest BCUT2D eigenvalue weighted by Gasteiger charge is 2.17. The molecule has 0 spiro atoms. The van der Waals surface area contributed by atoms with Gasteiger partial charge in [0, 0.05) is 6.42 Å². The Morgan fingerprint density at radius 2 is 0.764 bits per heavy atom. The van der Waals surface area contributed by atoms with Gasteiger partial charge in [-0.1, -0.05) is 216 Å². The van der Waals surface area contributed by atoms with Crippen molar-refractivity contribution >= 4 is 5.91 Å². The van der Waals surface area contributed by atoms with E-state index in [0.717, 1.165) is 57.8 Å². The molecule has 0 radical (unpaired) electrons. The highest BCUT2D eigenvalue weighted by molar-refractivity contribution is 5.76. The number of carbonyl (C=O) groups is 1. The van der Waals surface area contributed by atoms with Gasteiger partial charge in [0.25, 0.3) is 0 Å². The first-order valence-corrected chi connectivity index (χ1v) is 24.0. The molecule has 0 aromatic rings. The molecular weight excluding hydrogens is 675 g/mol. The van der Waals surface area contributed by atoms with Gasteiger partial charge in [-0.2, -0.15) is 0 Å². The maximum Gasteiger partial charge on any atom is 0.220 e. The van der Waals surface area contributed by atoms with E-state index < -0.39 is 12.1 Å². The molecule has 2 unspecified atom stereocenters. The van der Waals surface area contributed by atoms with Crippen LogP contribution in [0.4, 0.5) is 0 Å². The summed E-state index contributed by atoms with van der Waals surface area (Å²) >= 11 is 0. The fraction of sp³-hybridized carbons (Fsp3) is 0.784. The predicted octanol–water partition coefficient (Wildman–Crippen LogP) is 15.3. The van der Waals surface area contributed by atoms with Gasteiger partial charge in [-0.25, -0.2) is 0 Å². The lowest BCUT2D eigenvalue weighted by Gasteiger charge is -2.19. The standard InChI is InChI=1S/C51H93NO3/c1-3-5-7-9-11-13-15-17-19-21-22-23-24-25-26-27-28-29-30-31-32-34-36-38-40-42-44-46-50(54)49(48-53)52-51(55)47-45-43-41-39-37-35-33-20-18-16-14-12-10-8-6-4-2/h14,16,20,30-31,33,36,38,44,46,49-50,53-54H,3-13,15,17-19,21-29,32,34-35,37,39-43,45,47-48H2,1-2H3,(H,52,55)/b16-14-,31-30+,33-20-,38-36+,46-44+. The smallest absolute Gasteiger partial charge is 0.220 e. The van der Waals surface area contributed by atoms with Crippen LogP contribution in [-0.2, 0) is 4.79 Å². The molecule has 0 fully saturated rings. The second kappa shape index (κ2) is 46.5. The van der Waals surface area contributed by atoms with Gasteiger partial charge in [-0.15, -0.1) is 0 Å². The molecule has 0 aliphatic carbocycles. The van der Waals surface area contributed by atoms with Gasteiger partial charge in [0.15, 0.2) is 0 Å². The summed E-state index contributed by atoms with van der Waals surface area (Å²) in [5.74, 6) is -0.0925. The van der Waals surface area contributed by atoms with Crippen molar-refractivity contribution in [3.8, 4) is 0 Å². The van der Waals surface area contributed by atoms with Crippen molar-refractivity contribution < 1.29 is 15.0 Å². The number of amides is 1. The molecule has 4 nitrogen and oxygen atoms in total. The third kappa shape index (κ3) is 43.1. The van der Waals surface area contributed by atoms with Crippen molar-refractivity contribution in [2.45, 2.75) is 251 Å². The number of nitrogens with one attached hydrogen (secondary N) is 1. The van der Waals surface area contributed by atoms with Crippen molar-refractivity contribution in [3.63, 3.8) is 0 Å². The molecule has 0 rings (SSSR count). The normalized spacial score (nSPS) is 13.5. The zero-order valence-corrected chi connectivity index (χ0v) is 36.7. The summed E-state index contributed by atoms with van der Waals surface area (Å²) in [5, 5.41) is 23.0. The summed E-state index contributed by atoms with van der Waals surface area (Å²) < 4.78 is 0. The summed E-state index contributed by atoms with van der Waals surface area (Å²) in [5.41, 5.74) is 0. The van der Waals surface area contributed by atoms with E-state index in [1.54, 1.807) is 6.08 Å². The maximum atomic E-state index is 12.4. The first kappa shape index (κ1) is 53.1. The quantitative estimate of drug-likeness (QED) is 0.0427. The van der Waals surface area contributed by atoms with Crippen LogP contribution < -0.4 is 5.32 Å². The minimum Gasteiger partial charge on any atom is -0.394 e. The van der Waals surface area contributed by atoms with E-state index in [9.17, 15) is 15.0 Å². The summed E-state index contributed by atoms with van der Waals surface area (Å²) in [6.07, 6.45) is 64.9. The Bertz CT molecular complexity index is 919. The second-order valence-electron chi connectivity index (χ2n) is 16.2. The molecule has 3 N–H and O–H groups in total. The monoisotopic (exact) mass is 768 g/mol. The molecule has 55 heavy (non-hydrogen) atoms. The average molecular weight is 768 g/mol. The highest BCUT2D eigenvalue weighted by Crippen LogP contribution is 2.15. The molecule has 0 heterocycles. The Hall–Kier alpha value is -1.91. The van der Waals surface area contributed by atoms with Gasteiger partial charge in [0.2, 0.25) is 5.91 Å². The van der Waals surface area contributed by atoms with Gasteiger partial charge in [0.05, 0.1) is 18.8 Å². The van der Waals surface area contributed by atoms with Crippen molar-refractivity contribution in [1.29, 1.82) is 0 Å². The third-order valence-corrected chi connectivity index (χ3v) is 10.7. The fourth-order valence-corrected chi connectivity index (χ4v) is 7.00. The maximum absolute atomic E-state index is 12.4. The summed E-state index contributed by atoms with van der Waals surface area (Å²) in [6.45, 7) is 4.27. The van der Waals surface area contributed by atoms with E-state index in [2.05, 4.69) is 67.8 Å². The molecule has 0 saturated carbocycles. The Balaban J connectivity index is 3.63. The van der Waals surface area contributed by atoms with Crippen LogP contribution in [0.3, 0.4) is 0 Å². The number of unbranched alkanes of at least 4 members (excludes halogenated alkanes) is 28. The molecule has 0 bridgehead atoms. The van der Waals surface area contributed by atoms with Gasteiger partial charge >= 0.3 is 0 Å².